The molecule has 268 valence electrons. The third-order valence-corrected chi connectivity index (χ3v) is 10.5. The number of phosphoric ester groups is 1. The fourth-order valence-corrected chi connectivity index (χ4v) is 7.28. The number of fused-ring (bicyclic) bond motifs is 1. The number of carbonyl (C=O) groups excluding carboxylic acids is 3. The summed E-state index contributed by atoms with van der Waals surface area (Å²) >= 11 is 0.899. The number of amides is 2. The molecule has 3 rings (SSSR count). The molecule has 1 aromatic rings. The number of thioether (sulfide) groups is 1. The second kappa shape index (κ2) is 17.0. The third kappa shape index (κ3) is 11.3. The van der Waals surface area contributed by atoms with Gasteiger partial charge >= 0.3 is 7.82 Å². The number of aromatic amines is 1. The number of phosphoric acid groups is 1. The van der Waals surface area contributed by atoms with E-state index < -0.39 is 76.3 Å². The topological polar surface area (TPSA) is 284 Å². The second-order valence-corrected chi connectivity index (χ2v) is 15.7. The first kappa shape index (κ1) is 40.1. The first-order chi connectivity index (χ1) is 22.4. The molecule has 48 heavy (non-hydrogen) atoms. The Morgan fingerprint density at radius 2 is 1.94 bits per heavy atom. The van der Waals surface area contributed by atoms with E-state index in [1.54, 1.807) is 11.9 Å². The molecule has 7 atom stereocenters. The quantitative estimate of drug-likeness (QED) is 0.0503. The van der Waals surface area contributed by atoms with Gasteiger partial charge in [0.05, 0.1) is 38.6 Å². The molecule has 2 aliphatic rings. The molecule has 0 aromatic carbocycles. The fraction of sp³-hybridized carbons (Fsp3) is 0.708. The molecule has 1 aromatic heterocycles. The van der Waals surface area contributed by atoms with Gasteiger partial charge in [-0.05, 0) is 0 Å². The number of amidine groups is 1. The zero-order valence-electron chi connectivity index (χ0n) is 26.6. The summed E-state index contributed by atoms with van der Waals surface area (Å²) in [5, 5.41) is 39.3. The SMILES string of the molecule is [B]P(=O)(OCC1OC(CN2CNC(=NC)c3[nH]cnc32)C(O)C1O)OP(=O)(O)OCC(C)(C)C(O)C(=O)NCCC(=O)NCSC(C)=O. The summed E-state index contributed by atoms with van der Waals surface area (Å²) in [6, 6.07) is 0. The minimum absolute atomic E-state index is 0.0699. The Labute approximate surface area is 281 Å². The van der Waals surface area contributed by atoms with Crippen LogP contribution in [0.25, 0.3) is 0 Å². The van der Waals surface area contributed by atoms with Gasteiger partial charge in [0.15, 0.2) is 10.9 Å². The van der Waals surface area contributed by atoms with E-state index in [-0.39, 0.29) is 37.2 Å². The van der Waals surface area contributed by atoms with E-state index in [1.165, 1.54) is 27.1 Å². The molecule has 24 heteroatoms. The van der Waals surface area contributed by atoms with Crippen LogP contribution in [0, 0.1) is 5.41 Å². The Balaban J connectivity index is 1.45. The minimum atomic E-state index is -5.21. The third-order valence-electron chi connectivity index (χ3n) is 7.10. The molecule has 2 aliphatic heterocycles. The standard InChI is InChI=1S/C24H40BN7O13P2S/c1-13(33)48-12-31-16(34)5-6-27-23(38)20(37)24(2,3)9-43-47(40,41)45-46(25,39)42-8-15-19(36)18(35)14(44-15)7-32-11-30-21(26-4)17-22(32)29-10-28-17/h10,14-15,18-20,35-37H,5-9,11-12H2,1-4H3,(H,26,30)(H,27,38)(H,28,29)(H,31,34)(H,40,41). The van der Waals surface area contributed by atoms with Crippen molar-refractivity contribution in [1.82, 2.24) is 25.9 Å². The molecular weight excluding hydrogens is 699 g/mol. The van der Waals surface area contributed by atoms with Gasteiger partial charge in [0.25, 0.3) is 7.47 Å². The summed E-state index contributed by atoms with van der Waals surface area (Å²) in [7, 11) is -2.96. The van der Waals surface area contributed by atoms with Crippen molar-refractivity contribution in [2.75, 3.05) is 50.8 Å². The number of aliphatic hydroxyl groups excluding tert-OH is 3. The highest BCUT2D eigenvalue weighted by molar-refractivity contribution is 8.13. The van der Waals surface area contributed by atoms with Crippen molar-refractivity contribution in [2.24, 2.45) is 10.4 Å². The van der Waals surface area contributed by atoms with E-state index in [0.29, 0.717) is 17.3 Å². The molecule has 8 N–H and O–H groups in total. The summed E-state index contributed by atoms with van der Waals surface area (Å²) in [6.45, 7) is 2.72. The van der Waals surface area contributed by atoms with Crippen LogP contribution in [0.1, 0.15) is 32.9 Å². The highest BCUT2D eigenvalue weighted by atomic mass is 32.2. The summed E-state index contributed by atoms with van der Waals surface area (Å²) in [5.74, 6) is -0.157. The van der Waals surface area contributed by atoms with Crippen LogP contribution >= 0.6 is 27.1 Å². The summed E-state index contributed by atoms with van der Waals surface area (Å²) in [6.07, 6.45) is -5.56. The summed E-state index contributed by atoms with van der Waals surface area (Å²) < 4.78 is 45.3. The molecule has 0 aliphatic carbocycles. The Bertz CT molecular complexity index is 1440. The zero-order valence-corrected chi connectivity index (χ0v) is 29.2. The maximum absolute atomic E-state index is 12.7. The van der Waals surface area contributed by atoms with Gasteiger partial charge in [-0.3, -0.25) is 28.5 Å². The first-order valence-electron chi connectivity index (χ1n) is 14.4. The van der Waals surface area contributed by atoms with Crippen LogP contribution < -0.4 is 20.9 Å². The number of hydrogen-bond donors (Lipinski definition) is 8. The summed E-state index contributed by atoms with van der Waals surface area (Å²) in [5.41, 5.74) is -0.876. The number of carbonyl (C=O) groups is 3. The van der Waals surface area contributed by atoms with Crippen molar-refractivity contribution in [3.8, 4) is 0 Å². The number of aliphatic imine (C=N–C) groups is 1. The molecule has 0 spiro atoms. The number of rotatable bonds is 17. The number of aliphatic hydroxyl groups is 3. The molecule has 1 fully saturated rings. The van der Waals surface area contributed by atoms with Gasteiger partial charge in [0.2, 0.25) is 19.4 Å². The maximum Gasteiger partial charge on any atom is 0.478 e. The van der Waals surface area contributed by atoms with Crippen LogP contribution in [0.3, 0.4) is 0 Å². The first-order valence-corrected chi connectivity index (χ1v) is 18.5. The maximum atomic E-state index is 12.7. The summed E-state index contributed by atoms with van der Waals surface area (Å²) in [4.78, 5) is 58.3. The van der Waals surface area contributed by atoms with Gasteiger partial charge in [0.1, 0.15) is 42.0 Å². The Kier molecular flexibility index (Phi) is 14.2. The van der Waals surface area contributed by atoms with E-state index >= 15 is 0 Å². The van der Waals surface area contributed by atoms with Gasteiger partial charge in [-0.1, -0.05) is 25.6 Å². The Morgan fingerprint density at radius 1 is 1.25 bits per heavy atom. The number of hydrogen-bond acceptors (Lipinski definition) is 16. The molecule has 2 radical (unpaired) electrons. The van der Waals surface area contributed by atoms with Crippen LogP contribution in [0.4, 0.5) is 5.82 Å². The van der Waals surface area contributed by atoms with Crippen molar-refractivity contribution in [1.29, 1.82) is 0 Å². The van der Waals surface area contributed by atoms with Gasteiger partial charge in [0, 0.05) is 32.4 Å². The van der Waals surface area contributed by atoms with E-state index in [0.717, 1.165) is 11.8 Å². The lowest BCUT2D eigenvalue weighted by Crippen LogP contribution is -2.49. The second-order valence-electron chi connectivity index (χ2n) is 11.4. The zero-order chi connectivity index (χ0) is 35.9. The number of H-pyrrole nitrogens is 1. The molecule has 2 amide bonds. The fourth-order valence-electron chi connectivity index (χ4n) is 4.46. The van der Waals surface area contributed by atoms with Crippen molar-refractivity contribution in [3.05, 3.63) is 12.0 Å². The molecule has 0 saturated carbocycles. The highest BCUT2D eigenvalue weighted by Gasteiger charge is 2.45. The average Bonchev–Trinajstić information content (AvgIpc) is 3.60. The van der Waals surface area contributed by atoms with E-state index in [1.807, 2.05) is 0 Å². The number of imidazole rings is 1. The van der Waals surface area contributed by atoms with Crippen molar-refractivity contribution in [2.45, 2.75) is 57.7 Å². The molecule has 20 nitrogen and oxygen atoms in total. The van der Waals surface area contributed by atoms with Crippen molar-refractivity contribution < 1.29 is 61.8 Å². The van der Waals surface area contributed by atoms with Gasteiger partial charge in [-0.2, -0.15) is 0 Å². The van der Waals surface area contributed by atoms with Gasteiger partial charge < -0.3 is 55.3 Å². The van der Waals surface area contributed by atoms with E-state index in [9.17, 15) is 43.7 Å². The largest absolute Gasteiger partial charge is 0.478 e. The molecule has 1 saturated heterocycles. The van der Waals surface area contributed by atoms with Crippen LogP contribution in [-0.4, -0.2) is 137 Å². The van der Waals surface area contributed by atoms with E-state index in [4.69, 9.17) is 21.4 Å². The number of ether oxygens (including phenoxy) is 1. The molecule has 0 bridgehead atoms. The number of anilines is 1. The normalized spacial score (nSPS) is 25.0. The lowest BCUT2D eigenvalue weighted by molar-refractivity contribution is -0.137. The number of nitrogens with one attached hydrogen (secondary N) is 4. The Hall–Kier alpha value is -2.36. The van der Waals surface area contributed by atoms with Crippen LogP contribution in [0.5, 0.6) is 0 Å². The van der Waals surface area contributed by atoms with Crippen LogP contribution in [0.2, 0.25) is 0 Å². The van der Waals surface area contributed by atoms with E-state index in [2.05, 4.69) is 35.2 Å². The lowest BCUT2D eigenvalue weighted by Gasteiger charge is -2.31. The number of nitrogens with zero attached hydrogens (tertiary/aromatic N) is 3. The molecular formula is C24H40BN7O13P2S. The molecule has 3 heterocycles. The van der Waals surface area contributed by atoms with Crippen molar-refractivity contribution >= 4 is 63.2 Å². The highest BCUT2D eigenvalue weighted by Crippen LogP contribution is 2.60. The predicted molar refractivity (Wildman–Crippen MR) is 172 cm³/mol. The predicted octanol–water partition coefficient (Wildman–Crippen LogP) is -1.68. The van der Waals surface area contributed by atoms with Gasteiger partial charge in [-0.15, -0.1) is 0 Å². The minimum Gasteiger partial charge on any atom is -0.388 e. The average molecular weight is 739 g/mol. The number of aromatic nitrogens is 2. The monoisotopic (exact) mass is 739 g/mol. The smallest absolute Gasteiger partial charge is 0.388 e. The lowest BCUT2D eigenvalue weighted by atomic mass is 9.87. The van der Waals surface area contributed by atoms with Crippen LogP contribution in [0.15, 0.2) is 11.3 Å². The Morgan fingerprint density at radius 3 is 2.60 bits per heavy atom. The molecule has 7 unspecified atom stereocenters. The van der Waals surface area contributed by atoms with Gasteiger partial charge in [-0.25, -0.2) is 13.9 Å². The van der Waals surface area contributed by atoms with Crippen LogP contribution in [-0.2, 0) is 41.6 Å². The van der Waals surface area contributed by atoms with Crippen molar-refractivity contribution in [3.63, 3.8) is 0 Å².